The summed E-state index contributed by atoms with van der Waals surface area (Å²) < 4.78 is 7.65. The molecular formula is C16H21N3O. The van der Waals surface area contributed by atoms with Gasteiger partial charge in [-0.3, -0.25) is 4.68 Å². The van der Waals surface area contributed by atoms with Crippen LogP contribution in [-0.2, 0) is 13.6 Å². The van der Waals surface area contributed by atoms with Gasteiger partial charge in [-0.15, -0.1) is 0 Å². The van der Waals surface area contributed by atoms with Crippen molar-refractivity contribution in [2.45, 2.75) is 26.3 Å². The molecule has 1 atom stereocenters. The molecule has 4 nitrogen and oxygen atoms in total. The van der Waals surface area contributed by atoms with Crippen LogP contribution in [0.1, 0.15) is 28.4 Å². The van der Waals surface area contributed by atoms with Crippen LogP contribution in [0, 0.1) is 13.8 Å². The topological polar surface area (TPSA) is 39.1 Å². The van der Waals surface area contributed by atoms with Crippen LogP contribution in [0.4, 0.5) is 0 Å². The van der Waals surface area contributed by atoms with E-state index in [9.17, 15) is 0 Å². The molecule has 2 heterocycles. The van der Waals surface area contributed by atoms with Crippen LogP contribution < -0.4 is 10.1 Å². The third-order valence-electron chi connectivity index (χ3n) is 4.15. The first-order valence-corrected chi connectivity index (χ1v) is 7.08. The fourth-order valence-corrected chi connectivity index (χ4v) is 2.84. The van der Waals surface area contributed by atoms with E-state index in [4.69, 9.17) is 4.74 Å². The fourth-order valence-electron chi connectivity index (χ4n) is 2.84. The zero-order chi connectivity index (χ0) is 14.1. The maximum Gasteiger partial charge on any atom is 0.122 e. The predicted octanol–water partition coefficient (Wildman–Crippen LogP) is 2.30. The molecule has 0 spiro atoms. The second kappa shape index (κ2) is 5.29. The number of hydrogen-bond acceptors (Lipinski definition) is 3. The summed E-state index contributed by atoms with van der Waals surface area (Å²) >= 11 is 0. The molecule has 4 heteroatoms. The molecule has 1 N–H and O–H groups in total. The van der Waals surface area contributed by atoms with Crippen molar-refractivity contribution in [1.82, 2.24) is 15.1 Å². The third kappa shape index (κ3) is 2.31. The zero-order valence-corrected chi connectivity index (χ0v) is 12.3. The number of nitrogens with one attached hydrogen (secondary N) is 1. The summed E-state index contributed by atoms with van der Waals surface area (Å²) in [6, 6.07) is 8.31. The van der Waals surface area contributed by atoms with Crippen LogP contribution in [0.2, 0.25) is 0 Å². The number of hydrogen-bond donors (Lipinski definition) is 1. The van der Waals surface area contributed by atoms with Crippen molar-refractivity contribution in [1.29, 1.82) is 0 Å². The largest absolute Gasteiger partial charge is 0.493 e. The van der Waals surface area contributed by atoms with E-state index in [1.807, 2.05) is 23.9 Å². The standard InChI is InChI=1S/C16H21N3O/c1-11-15(12(2)19(3)18-11)9-17-8-13-10-20-16-7-5-4-6-14(13)16/h4-7,13,17H,8-10H2,1-3H3. The lowest BCUT2D eigenvalue weighted by Gasteiger charge is -2.10. The van der Waals surface area contributed by atoms with E-state index >= 15 is 0 Å². The van der Waals surface area contributed by atoms with Crippen molar-refractivity contribution in [3.63, 3.8) is 0 Å². The molecule has 0 fully saturated rings. The van der Waals surface area contributed by atoms with Crippen molar-refractivity contribution in [2.75, 3.05) is 13.2 Å². The summed E-state index contributed by atoms with van der Waals surface area (Å²) in [5.41, 5.74) is 4.97. The van der Waals surface area contributed by atoms with E-state index in [0.717, 1.165) is 31.1 Å². The van der Waals surface area contributed by atoms with Crippen LogP contribution in [0.15, 0.2) is 24.3 Å². The minimum absolute atomic E-state index is 0.448. The van der Waals surface area contributed by atoms with Crippen molar-refractivity contribution in [2.24, 2.45) is 7.05 Å². The van der Waals surface area contributed by atoms with Gasteiger partial charge in [0.15, 0.2) is 0 Å². The van der Waals surface area contributed by atoms with Crippen LogP contribution in [-0.4, -0.2) is 22.9 Å². The van der Waals surface area contributed by atoms with Gasteiger partial charge < -0.3 is 10.1 Å². The van der Waals surface area contributed by atoms with Gasteiger partial charge in [-0.1, -0.05) is 18.2 Å². The first-order valence-electron chi connectivity index (χ1n) is 7.08. The molecule has 3 rings (SSSR count). The molecular weight excluding hydrogens is 250 g/mol. The zero-order valence-electron chi connectivity index (χ0n) is 12.3. The average molecular weight is 271 g/mol. The molecule has 1 aromatic heterocycles. The first kappa shape index (κ1) is 13.2. The van der Waals surface area contributed by atoms with Gasteiger partial charge in [-0.2, -0.15) is 5.10 Å². The number of para-hydroxylation sites is 1. The number of nitrogens with zero attached hydrogens (tertiary/aromatic N) is 2. The Kier molecular flexibility index (Phi) is 3.49. The van der Waals surface area contributed by atoms with Crippen LogP contribution in [0.5, 0.6) is 5.75 Å². The average Bonchev–Trinajstić information content (AvgIpc) is 2.95. The Morgan fingerprint density at radius 3 is 2.90 bits per heavy atom. The minimum atomic E-state index is 0.448. The molecule has 106 valence electrons. The number of rotatable bonds is 4. The Balaban J connectivity index is 1.62. The molecule has 1 unspecified atom stereocenters. The number of ether oxygens (including phenoxy) is 1. The normalized spacial score (nSPS) is 17.1. The lowest BCUT2D eigenvalue weighted by molar-refractivity contribution is 0.326. The highest BCUT2D eigenvalue weighted by Gasteiger charge is 2.23. The SMILES string of the molecule is Cc1nn(C)c(C)c1CNCC1COc2ccccc21. The fraction of sp³-hybridized carbons (Fsp3) is 0.438. The van der Waals surface area contributed by atoms with E-state index in [-0.39, 0.29) is 0 Å². The van der Waals surface area contributed by atoms with Gasteiger partial charge in [0.1, 0.15) is 5.75 Å². The summed E-state index contributed by atoms with van der Waals surface area (Å²) in [5.74, 6) is 1.48. The van der Waals surface area contributed by atoms with Crippen molar-refractivity contribution >= 4 is 0 Å². The van der Waals surface area contributed by atoms with E-state index in [1.165, 1.54) is 16.8 Å². The van der Waals surface area contributed by atoms with Gasteiger partial charge in [-0.25, -0.2) is 0 Å². The number of benzene rings is 1. The summed E-state index contributed by atoms with van der Waals surface area (Å²) in [5, 5.41) is 8.00. The molecule has 0 radical (unpaired) electrons. The lowest BCUT2D eigenvalue weighted by Crippen LogP contribution is -2.22. The smallest absolute Gasteiger partial charge is 0.122 e. The van der Waals surface area contributed by atoms with E-state index in [1.54, 1.807) is 0 Å². The molecule has 1 aromatic carbocycles. The van der Waals surface area contributed by atoms with Gasteiger partial charge in [0, 0.05) is 42.9 Å². The molecule has 1 aliphatic heterocycles. The summed E-state index contributed by atoms with van der Waals surface area (Å²) in [6.45, 7) is 6.76. The Morgan fingerprint density at radius 1 is 1.35 bits per heavy atom. The molecule has 0 saturated carbocycles. The predicted molar refractivity (Wildman–Crippen MR) is 79.1 cm³/mol. The third-order valence-corrected chi connectivity index (χ3v) is 4.15. The van der Waals surface area contributed by atoms with E-state index in [2.05, 4.69) is 36.4 Å². The minimum Gasteiger partial charge on any atom is -0.493 e. The van der Waals surface area contributed by atoms with Crippen molar-refractivity contribution in [3.05, 3.63) is 46.8 Å². The van der Waals surface area contributed by atoms with E-state index in [0.29, 0.717) is 5.92 Å². The first-order chi connectivity index (χ1) is 9.66. The molecule has 0 amide bonds. The molecule has 1 aliphatic rings. The van der Waals surface area contributed by atoms with E-state index < -0.39 is 0 Å². The number of aromatic nitrogens is 2. The Labute approximate surface area is 119 Å². The van der Waals surface area contributed by atoms with Gasteiger partial charge in [-0.05, 0) is 19.9 Å². The second-order valence-corrected chi connectivity index (χ2v) is 5.45. The Hall–Kier alpha value is -1.81. The van der Waals surface area contributed by atoms with Crippen LogP contribution in [0.3, 0.4) is 0 Å². The molecule has 20 heavy (non-hydrogen) atoms. The summed E-state index contributed by atoms with van der Waals surface area (Å²) in [6.07, 6.45) is 0. The summed E-state index contributed by atoms with van der Waals surface area (Å²) in [4.78, 5) is 0. The Bertz CT molecular complexity index is 618. The van der Waals surface area contributed by atoms with Gasteiger partial charge >= 0.3 is 0 Å². The van der Waals surface area contributed by atoms with Crippen LogP contribution in [0.25, 0.3) is 0 Å². The molecule has 0 aliphatic carbocycles. The van der Waals surface area contributed by atoms with Crippen LogP contribution >= 0.6 is 0 Å². The van der Waals surface area contributed by atoms with Gasteiger partial charge in [0.05, 0.1) is 12.3 Å². The quantitative estimate of drug-likeness (QED) is 0.927. The highest BCUT2D eigenvalue weighted by Crippen LogP contribution is 2.32. The highest BCUT2D eigenvalue weighted by atomic mass is 16.5. The molecule has 0 saturated heterocycles. The number of aryl methyl sites for hydroxylation is 2. The highest BCUT2D eigenvalue weighted by molar-refractivity contribution is 5.39. The second-order valence-electron chi connectivity index (χ2n) is 5.45. The lowest BCUT2D eigenvalue weighted by atomic mass is 10.0. The molecule has 2 aromatic rings. The Morgan fingerprint density at radius 2 is 2.15 bits per heavy atom. The summed E-state index contributed by atoms with van der Waals surface area (Å²) in [7, 11) is 1.99. The maximum atomic E-state index is 5.71. The number of fused-ring (bicyclic) bond motifs is 1. The van der Waals surface area contributed by atoms with Gasteiger partial charge in [0.2, 0.25) is 0 Å². The molecule has 0 bridgehead atoms. The maximum absolute atomic E-state index is 5.71. The van der Waals surface area contributed by atoms with Gasteiger partial charge in [0.25, 0.3) is 0 Å². The monoisotopic (exact) mass is 271 g/mol. The van der Waals surface area contributed by atoms with Crippen molar-refractivity contribution < 1.29 is 4.74 Å². The van der Waals surface area contributed by atoms with Crippen molar-refractivity contribution in [3.8, 4) is 5.75 Å².